The van der Waals surface area contributed by atoms with Crippen LogP contribution in [-0.2, 0) is 10.3 Å². The van der Waals surface area contributed by atoms with Gasteiger partial charge in [-0.1, -0.05) is 18.3 Å². The van der Waals surface area contributed by atoms with E-state index in [1.807, 2.05) is 32.9 Å². The van der Waals surface area contributed by atoms with Crippen LogP contribution >= 0.6 is 27.3 Å². The molecule has 2 atom stereocenters. The minimum Gasteiger partial charge on any atom is -0.359 e. The maximum atomic E-state index is 12.3. The van der Waals surface area contributed by atoms with Gasteiger partial charge in [-0.3, -0.25) is 4.79 Å². The molecule has 1 fully saturated rings. The van der Waals surface area contributed by atoms with E-state index < -0.39 is 11.0 Å². The number of aromatic nitrogens is 6. The third-order valence-corrected chi connectivity index (χ3v) is 8.69. The van der Waals surface area contributed by atoms with Crippen molar-refractivity contribution in [3.8, 4) is 22.3 Å². The molecule has 196 valence electrons. The van der Waals surface area contributed by atoms with Gasteiger partial charge in [-0.15, -0.1) is 10.2 Å². The van der Waals surface area contributed by atoms with Crippen molar-refractivity contribution in [2.75, 3.05) is 12.4 Å². The Labute approximate surface area is 232 Å². The molecule has 3 aromatic heterocycles. The number of benzene rings is 1. The zero-order chi connectivity index (χ0) is 27.2. The Balaban J connectivity index is 1.47. The zero-order valence-corrected chi connectivity index (χ0v) is 23.8. The standard InChI is InChI=1S/C25H27BrN10OS/c1-24(2,28)22-34-33-20(38-22)16-6-5-15(9-13(16)11-27)36-19-17(18(26)35-36)12-30-23(32-19)31-14-7-8-25(3,10-14)21(37)29-4/h5-6,9,12,14H,7-8,10,28H2,1-4H3,(H,29,37)(H,30,31,32)/t14-,25-/m1/s1. The van der Waals surface area contributed by atoms with E-state index in [9.17, 15) is 10.1 Å². The number of nitrogens with one attached hydrogen (secondary N) is 2. The first-order valence-electron chi connectivity index (χ1n) is 12.1. The van der Waals surface area contributed by atoms with E-state index in [-0.39, 0.29) is 11.9 Å². The minimum absolute atomic E-state index is 0.0495. The van der Waals surface area contributed by atoms with E-state index in [0.717, 1.165) is 18.2 Å². The maximum Gasteiger partial charge on any atom is 0.225 e. The summed E-state index contributed by atoms with van der Waals surface area (Å²) in [6.45, 7) is 5.72. The molecule has 0 aliphatic heterocycles. The van der Waals surface area contributed by atoms with Crippen molar-refractivity contribution in [3.63, 3.8) is 0 Å². The summed E-state index contributed by atoms with van der Waals surface area (Å²) in [6, 6.07) is 7.80. The fraction of sp³-hybridized carbons (Fsp3) is 0.400. The van der Waals surface area contributed by atoms with Crippen molar-refractivity contribution >= 4 is 50.2 Å². The third kappa shape index (κ3) is 4.75. The smallest absolute Gasteiger partial charge is 0.225 e. The number of carbonyl (C=O) groups excluding carboxylic acids is 1. The summed E-state index contributed by atoms with van der Waals surface area (Å²) < 4.78 is 2.27. The first kappa shape index (κ1) is 26.1. The molecule has 0 saturated heterocycles. The molecule has 0 radical (unpaired) electrons. The van der Waals surface area contributed by atoms with E-state index in [1.54, 1.807) is 24.0 Å². The van der Waals surface area contributed by atoms with Gasteiger partial charge in [0.25, 0.3) is 0 Å². The Morgan fingerprint density at radius 1 is 1.37 bits per heavy atom. The minimum atomic E-state index is -0.617. The molecule has 4 aromatic rings. The van der Waals surface area contributed by atoms with Gasteiger partial charge in [0.1, 0.15) is 14.6 Å². The van der Waals surface area contributed by atoms with Crippen LogP contribution in [0.15, 0.2) is 29.0 Å². The number of rotatable bonds is 6. The Bertz CT molecular complexity index is 1580. The average Bonchev–Trinajstić information content (AvgIpc) is 3.61. The van der Waals surface area contributed by atoms with Crippen LogP contribution in [0.1, 0.15) is 50.6 Å². The predicted octanol–water partition coefficient (Wildman–Crippen LogP) is 3.88. The summed E-state index contributed by atoms with van der Waals surface area (Å²) in [7, 11) is 1.67. The first-order chi connectivity index (χ1) is 18.0. The summed E-state index contributed by atoms with van der Waals surface area (Å²) in [5, 5.41) is 31.2. The number of nitrogens with zero attached hydrogens (tertiary/aromatic N) is 7. The SMILES string of the molecule is CNC(=O)[C@]1(C)CC[C@@H](Nc2ncc3c(Br)nn(-c4ccc(-c5nnc(C(C)(C)N)s5)c(C#N)c4)c3n2)C1. The van der Waals surface area contributed by atoms with Crippen LogP contribution in [-0.4, -0.2) is 48.9 Å². The molecule has 0 unspecified atom stereocenters. The van der Waals surface area contributed by atoms with Gasteiger partial charge in [0, 0.05) is 30.3 Å². The lowest BCUT2D eigenvalue weighted by Gasteiger charge is -2.22. The molecule has 13 heteroatoms. The molecule has 4 N–H and O–H groups in total. The average molecular weight is 596 g/mol. The summed E-state index contributed by atoms with van der Waals surface area (Å²) in [6.07, 6.45) is 4.04. The van der Waals surface area contributed by atoms with Crippen LogP contribution in [0.5, 0.6) is 0 Å². The fourth-order valence-corrected chi connectivity index (χ4v) is 6.04. The molecule has 0 spiro atoms. The van der Waals surface area contributed by atoms with Crippen LogP contribution in [0.4, 0.5) is 5.95 Å². The second-order valence-corrected chi connectivity index (χ2v) is 12.1. The molecular weight excluding hydrogens is 568 g/mol. The second kappa shape index (κ2) is 9.68. The number of hydrogen-bond donors (Lipinski definition) is 3. The lowest BCUT2D eigenvalue weighted by molar-refractivity contribution is -0.129. The van der Waals surface area contributed by atoms with E-state index in [2.05, 4.69) is 52.9 Å². The van der Waals surface area contributed by atoms with Crippen LogP contribution in [0.25, 0.3) is 27.3 Å². The number of carbonyl (C=O) groups is 1. The van der Waals surface area contributed by atoms with Crippen LogP contribution in [0, 0.1) is 16.7 Å². The molecule has 1 amide bonds. The van der Waals surface area contributed by atoms with Crippen molar-refractivity contribution in [3.05, 3.63) is 39.6 Å². The molecule has 1 aromatic carbocycles. The van der Waals surface area contributed by atoms with Crippen molar-refractivity contribution in [1.82, 2.24) is 35.3 Å². The van der Waals surface area contributed by atoms with Crippen molar-refractivity contribution < 1.29 is 4.79 Å². The van der Waals surface area contributed by atoms with Gasteiger partial charge in [-0.2, -0.15) is 15.3 Å². The number of anilines is 1. The lowest BCUT2D eigenvalue weighted by Crippen LogP contribution is -2.35. The molecule has 11 nitrogen and oxygen atoms in total. The summed E-state index contributed by atoms with van der Waals surface area (Å²) in [4.78, 5) is 21.5. The molecule has 1 saturated carbocycles. The Hall–Kier alpha value is -3.47. The highest BCUT2D eigenvalue weighted by molar-refractivity contribution is 9.10. The van der Waals surface area contributed by atoms with Gasteiger partial charge in [0.2, 0.25) is 11.9 Å². The number of amides is 1. The first-order valence-corrected chi connectivity index (χ1v) is 13.7. The molecule has 0 bridgehead atoms. The highest BCUT2D eigenvalue weighted by atomic mass is 79.9. The monoisotopic (exact) mass is 594 g/mol. The number of halogens is 1. The van der Waals surface area contributed by atoms with Crippen LogP contribution < -0.4 is 16.4 Å². The van der Waals surface area contributed by atoms with E-state index in [0.29, 0.717) is 49.4 Å². The summed E-state index contributed by atoms with van der Waals surface area (Å²) >= 11 is 4.87. The number of fused-ring (bicyclic) bond motifs is 1. The van der Waals surface area contributed by atoms with E-state index in [4.69, 9.17) is 10.7 Å². The van der Waals surface area contributed by atoms with Gasteiger partial charge in [0.15, 0.2) is 5.65 Å². The van der Waals surface area contributed by atoms with Crippen molar-refractivity contribution in [2.45, 2.75) is 51.6 Å². The molecule has 5 rings (SSSR count). The van der Waals surface area contributed by atoms with Gasteiger partial charge < -0.3 is 16.4 Å². The summed E-state index contributed by atoms with van der Waals surface area (Å²) in [5.41, 5.74) is 7.50. The Morgan fingerprint density at radius 3 is 2.84 bits per heavy atom. The normalized spacial score (nSPS) is 19.4. The van der Waals surface area contributed by atoms with Crippen molar-refractivity contribution in [2.24, 2.45) is 11.1 Å². The zero-order valence-electron chi connectivity index (χ0n) is 21.4. The van der Waals surface area contributed by atoms with E-state index in [1.165, 1.54) is 11.3 Å². The topological polar surface area (TPSA) is 160 Å². The Morgan fingerprint density at radius 2 is 2.16 bits per heavy atom. The second-order valence-electron chi connectivity index (χ2n) is 10.3. The number of hydrogen-bond acceptors (Lipinski definition) is 10. The largest absolute Gasteiger partial charge is 0.359 e. The number of nitrogens with two attached hydrogens (primary N) is 1. The third-order valence-electron chi connectivity index (χ3n) is 6.80. The van der Waals surface area contributed by atoms with Crippen LogP contribution in [0.2, 0.25) is 0 Å². The quantitative estimate of drug-likeness (QED) is 0.301. The van der Waals surface area contributed by atoms with Gasteiger partial charge in [-0.25, -0.2) is 9.67 Å². The Kier molecular flexibility index (Phi) is 6.66. The highest BCUT2D eigenvalue weighted by Gasteiger charge is 2.41. The van der Waals surface area contributed by atoms with Crippen molar-refractivity contribution in [1.29, 1.82) is 5.26 Å². The lowest BCUT2D eigenvalue weighted by atomic mass is 9.87. The van der Waals surface area contributed by atoms with Gasteiger partial charge in [-0.05, 0) is 67.2 Å². The molecule has 1 aliphatic carbocycles. The highest BCUT2D eigenvalue weighted by Crippen LogP contribution is 2.39. The summed E-state index contributed by atoms with van der Waals surface area (Å²) in [5.74, 6) is 0.508. The number of nitriles is 1. The van der Waals surface area contributed by atoms with Crippen LogP contribution in [0.3, 0.4) is 0 Å². The molecular formula is C25H27BrN10OS. The molecule has 1 aliphatic rings. The predicted molar refractivity (Wildman–Crippen MR) is 149 cm³/mol. The fourth-order valence-electron chi connectivity index (χ4n) is 4.71. The maximum absolute atomic E-state index is 12.3. The van der Waals surface area contributed by atoms with Gasteiger partial charge in [0.05, 0.1) is 28.2 Å². The van der Waals surface area contributed by atoms with E-state index >= 15 is 0 Å². The molecule has 38 heavy (non-hydrogen) atoms. The van der Waals surface area contributed by atoms with Gasteiger partial charge >= 0.3 is 0 Å². The molecule has 3 heterocycles.